The monoisotopic (exact) mass is 239 g/mol. The molecular weight excluding hydrogens is 229 g/mol. The third-order valence-electron chi connectivity index (χ3n) is 2.69. The number of carbonyl (C=O) groups excluding carboxylic acids is 1. The van der Waals surface area contributed by atoms with Gasteiger partial charge in [-0.1, -0.05) is 18.2 Å². The van der Waals surface area contributed by atoms with E-state index in [-0.39, 0.29) is 5.78 Å². The number of nitrogens with zero attached hydrogens (tertiary/aromatic N) is 1. The molecule has 0 aliphatic carbocycles. The lowest BCUT2D eigenvalue weighted by molar-refractivity contribution is 0.101. The molecule has 2 rings (SSSR count). The molecule has 0 aromatic heterocycles. The summed E-state index contributed by atoms with van der Waals surface area (Å²) in [6.07, 6.45) is 0. The van der Waals surface area contributed by atoms with Gasteiger partial charge in [0.05, 0.1) is 11.6 Å². The predicted molar refractivity (Wildman–Crippen MR) is 66.6 cm³/mol. The fourth-order valence-corrected chi connectivity index (χ4v) is 1.78. The van der Waals surface area contributed by atoms with E-state index in [1.54, 1.807) is 30.3 Å². The summed E-state index contributed by atoms with van der Waals surface area (Å²) in [5, 5.41) is 8.72. The summed E-state index contributed by atoms with van der Waals surface area (Å²) in [5.74, 6) is -0.619. The number of benzene rings is 2. The Morgan fingerprint density at radius 3 is 2.39 bits per heavy atom. The number of carbonyl (C=O) groups is 1. The molecule has 18 heavy (non-hydrogen) atoms. The Bertz CT molecular complexity index is 639. The van der Waals surface area contributed by atoms with Gasteiger partial charge in [-0.05, 0) is 42.3 Å². The van der Waals surface area contributed by atoms with Gasteiger partial charge < -0.3 is 0 Å². The number of halogens is 1. The summed E-state index contributed by atoms with van der Waals surface area (Å²) < 4.78 is 13.1. The quantitative estimate of drug-likeness (QED) is 0.752. The molecule has 0 aliphatic rings. The lowest BCUT2D eigenvalue weighted by Crippen LogP contribution is -1.97. The minimum Gasteiger partial charge on any atom is -0.294 e. The molecule has 2 aromatic carbocycles. The number of nitriles is 1. The van der Waals surface area contributed by atoms with Crippen molar-refractivity contribution in [2.75, 3.05) is 0 Å². The maximum atomic E-state index is 13.1. The second-order valence-corrected chi connectivity index (χ2v) is 3.94. The molecule has 0 N–H and O–H groups in total. The second kappa shape index (κ2) is 4.80. The smallest absolute Gasteiger partial charge is 0.160 e. The van der Waals surface area contributed by atoms with Crippen molar-refractivity contribution in [3.63, 3.8) is 0 Å². The molecule has 0 atom stereocenters. The Labute approximate surface area is 104 Å². The van der Waals surface area contributed by atoms with Crippen molar-refractivity contribution < 1.29 is 9.18 Å². The van der Waals surface area contributed by atoms with E-state index >= 15 is 0 Å². The molecule has 0 radical (unpaired) electrons. The van der Waals surface area contributed by atoms with Gasteiger partial charge in [0, 0.05) is 5.56 Å². The highest BCUT2D eigenvalue weighted by Gasteiger charge is 2.10. The molecule has 0 saturated heterocycles. The second-order valence-electron chi connectivity index (χ2n) is 3.94. The maximum absolute atomic E-state index is 13.1. The largest absolute Gasteiger partial charge is 0.294 e. The molecule has 2 aromatic rings. The topological polar surface area (TPSA) is 40.9 Å². The van der Waals surface area contributed by atoms with Crippen LogP contribution in [0.3, 0.4) is 0 Å². The maximum Gasteiger partial charge on any atom is 0.160 e. The molecule has 0 aliphatic heterocycles. The van der Waals surface area contributed by atoms with E-state index in [1.165, 1.54) is 19.1 Å². The van der Waals surface area contributed by atoms with E-state index in [9.17, 15) is 9.18 Å². The summed E-state index contributed by atoms with van der Waals surface area (Å²) in [6.45, 7) is 1.40. The van der Waals surface area contributed by atoms with Crippen molar-refractivity contribution >= 4 is 5.78 Å². The van der Waals surface area contributed by atoms with Gasteiger partial charge in [-0.25, -0.2) is 4.39 Å². The Morgan fingerprint density at radius 2 is 1.83 bits per heavy atom. The molecular formula is C15H10FNO. The minimum atomic E-state index is -0.433. The number of rotatable bonds is 2. The SMILES string of the molecule is CC(=O)c1cc(F)ccc1-c1ccc(C#N)cc1. The van der Waals surface area contributed by atoms with Crippen LogP contribution in [0.15, 0.2) is 42.5 Å². The summed E-state index contributed by atoms with van der Waals surface area (Å²) in [4.78, 5) is 11.5. The van der Waals surface area contributed by atoms with Gasteiger partial charge in [0.2, 0.25) is 0 Å². The third kappa shape index (κ3) is 2.28. The van der Waals surface area contributed by atoms with Gasteiger partial charge in [-0.2, -0.15) is 5.26 Å². The average molecular weight is 239 g/mol. The normalized spacial score (nSPS) is 9.83. The van der Waals surface area contributed by atoms with E-state index in [0.717, 1.165) is 5.56 Å². The first-order valence-electron chi connectivity index (χ1n) is 5.43. The molecule has 0 heterocycles. The van der Waals surface area contributed by atoms with Crippen LogP contribution in [0, 0.1) is 17.1 Å². The van der Waals surface area contributed by atoms with Gasteiger partial charge in [-0.15, -0.1) is 0 Å². The average Bonchev–Trinajstić information content (AvgIpc) is 2.39. The molecule has 3 heteroatoms. The zero-order chi connectivity index (χ0) is 13.1. The molecule has 0 fully saturated rings. The molecule has 0 spiro atoms. The summed E-state index contributed by atoms with van der Waals surface area (Å²) in [7, 11) is 0. The molecule has 88 valence electrons. The molecule has 0 saturated carbocycles. The molecule has 0 bridgehead atoms. The van der Waals surface area contributed by atoms with Crippen LogP contribution >= 0.6 is 0 Å². The van der Waals surface area contributed by atoms with Crippen molar-refractivity contribution in [2.24, 2.45) is 0 Å². The third-order valence-corrected chi connectivity index (χ3v) is 2.69. The zero-order valence-corrected chi connectivity index (χ0v) is 9.77. The van der Waals surface area contributed by atoms with E-state index < -0.39 is 5.82 Å². The fourth-order valence-electron chi connectivity index (χ4n) is 1.78. The van der Waals surface area contributed by atoms with Crippen molar-refractivity contribution in [1.29, 1.82) is 5.26 Å². The highest BCUT2D eigenvalue weighted by molar-refractivity contribution is 6.00. The van der Waals surface area contributed by atoms with E-state index in [1.807, 2.05) is 6.07 Å². The van der Waals surface area contributed by atoms with Gasteiger partial charge in [-0.3, -0.25) is 4.79 Å². The fraction of sp³-hybridized carbons (Fsp3) is 0.0667. The Morgan fingerprint density at radius 1 is 1.17 bits per heavy atom. The van der Waals surface area contributed by atoms with Crippen LogP contribution in [0.1, 0.15) is 22.8 Å². The minimum absolute atomic E-state index is 0.186. The van der Waals surface area contributed by atoms with Crippen molar-refractivity contribution in [2.45, 2.75) is 6.92 Å². The lowest BCUT2D eigenvalue weighted by Gasteiger charge is -2.07. The van der Waals surface area contributed by atoms with Crippen LogP contribution in [0.25, 0.3) is 11.1 Å². The van der Waals surface area contributed by atoms with E-state index in [2.05, 4.69) is 0 Å². The Balaban J connectivity index is 2.56. The van der Waals surface area contributed by atoms with Crippen LogP contribution in [0.5, 0.6) is 0 Å². The summed E-state index contributed by atoms with van der Waals surface area (Å²) in [6, 6.07) is 13.0. The zero-order valence-electron chi connectivity index (χ0n) is 9.77. The Hall–Kier alpha value is -2.47. The Kier molecular flexibility index (Phi) is 3.20. The van der Waals surface area contributed by atoms with Crippen molar-refractivity contribution in [1.82, 2.24) is 0 Å². The van der Waals surface area contributed by atoms with Gasteiger partial charge in [0.15, 0.2) is 5.78 Å². The number of Topliss-reactive ketones (excluding diaryl/α,β-unsaturated/α-hetero) is 1. The van der Waals surface area contributed by atoms with Gasteiger partial charge in [0.1, 0.15) is 5.82 Å². The van der Waals surface area contributed by atoms with Gasteiger partial charge in [0.25, 0.3) is 0 Å². The van der Waals surface area contributed by atoms with Crippen LogP contribution in [-0.4, -0.2) is 5.78 Å². The van der Waals surface area contributed by atoms with E-state index in [0.29, 0.717) is 16.7 Å². The molecule has 0 unspecified atom stereocenters. The van der Waals surface area contributed by atoms with Gasteiger partial charge >= 0.3 is 0 Å². The molecule has 0 amide bonds. The predicted octanol–water partition coefficient (Wildman–Crippen LogP) is 3.57. The number of ketones is 1. The van der Waals surface area contributed by atoms with E-state index in [4.69, 9.17) is 5.26 Å². The number of hydrogen-bond donors (Lipinski definition) is 0. The highest BCUT2D eigenvalue weighted by Crippen LogP contribution is 2.25. The molecule has 2 nitrogen and oxygen atoms in total. The number of hydrogen-bond acceptors (Lipinski definition) is 2. The summed E-state index contributed by atoms with van der Waals surface area (Å²) in [5.41, 5.74) is 2.36. The van der Waals surface area contributed by atoms with Crippen LogP contribution in [0.4, 0.5) is 4.39 Å². The van der Waals surface area contributed by atoms with Crippen LogP contribution < -0.4 is 0 Å². The first-order valence-corrected chi connectivity index (χ1v) is 5.43. The lowest BCUT2D eigenvalue weighted by atomic mass is 9.97. The van der Waals surface area contributed by atoms with Crippen LogP contribution in [-0.2, 0) is 0 Å². The van der Waals surface area contributed by atoms with Crippen LogP contribution in [0.2, 0.25) is 0 Å². The standard InChI is InChI=1S/C15H10FNO/c1-10(18)15-8-13(16)6-7-14(15)12-4-2-11(9-17)3-5-12/h2-8H,1H3. The summed E-state index contributed by atoms with van der Waals surface area (Å²) >= 11 is 0. The highest BCUT2D eigenvalue weighted by atomic mass is 19.1. The van der Waals surface area contributed by atoms with Crippen molar-refractivity contribution in [3.8, 4) is 17.2 Å². The first-order chi connectivity index (χ1) is 8.61. The first kappa shape index (κ1) is 12.0. The van der Waals surface area contributed by atoms with Crippen molar-refractivity contribution in [3.05, 3.63) is 59.4 Å².